The fourth-order valence-corrected chi connectivity index (χ4v) is 3.30. The Hall–Kier alpha value is -2.10. The lowest BCUT2D eigenvalue weighted by atomic mass is 9.82. The average molecular weight is 297 g/mol. The minimum Gasteiger partial charge on any atom is -0.337 e. The third-order valence-electron chi connectivity index (χ3n) is 4.48. The summed E-state index contributed by atoms with van der Waals surface area (Å²) < 4.78 is 1.80. The third-order valence-corrected chi connectivity index (χ3v) is 4.48. The van der Waals surface area contributed by atoms with Crippen LogP contribution in [0.25, 0.3) is 0 Å². The first-order valence-corrected chi connectivity index (χ1v) is 7.91. The Morgan fingerprint density at radius 2 is 2.09 bits per heavy atom. The van der Waals surface area contributed by atoms with Gasteiger partial charge in [-0.2, -0.15) is 5.10 Å². The molecule has 4 heteroatoms. The Kier molecular flexibility index (Phi) is 3.77. The molecule has 0 saturated carbocycles. The predicted octanol–water partition coefficient (Wildman–Crippen LogP) is 2.88. The number of aromatic nitrogens is 2. The molecule has 1 aliphatic rings. The van der Waals surface area contributed by atoms with Gasteiger partial charge in [0.1, 0.15) is 0 Å². The summed E-state index contributed by atoms with van der Waals surface area (Å²) in [6, 6.07) is 8.54. The number of carbonyl (C=O) groups is 1. The van der Waals surface area contributed by atoms with Crippen molar-refractivity contribution in [3.63, 3.8) is 0 Å². The molecule has 0 saturated heterocycles. The highest BCUT2D eigenvalue weighted by molar-refractivity contribution is 5.93. The smallest absolute Gasteiger partial charge is 0.257 e. The van der Waals surface area contributed by atoms with Gasteiger partial charge in [0.25, 0.3) is 5.91 Å². The van der Waals surface area contributed by atoms with Gasteiger partial charge in [0, 0.05) is 31.2 Å². The Bertz CT molecular complexity index is 687. The van der Waals surface area contributed by atoms with Gasteiger partial charge < -0.3 is 4.90 Å². The van der Waals surface area contributed by atoms with E-state index in [0.717, 1.165) is 26.1 Å². The molecule has 4 nitrogen and oxygen atoms in total. The minimum atomic E-state index is -0.0382. The first kappa shape index (κ1) is 14.8. The summed E-state index contributed by atoms with van der Waals surface area (Å²) in [6.45, 7) is 8.73. The predicted molar refractivity (Wildman–Crippen MR) is 87.0 cm³/mol. The summed E-state index contributed by atoms with van der Waals surface area (Å²) in [5.41, 5.74) is 3.36. The van der Waals surface area contributed by atoms with Crippen molar-refractivity contribution in [3.05, 3.63) is 53.3 Å². The van der Waals surface area contributed by atoms with Crippen molar-refractivity contribution in [2.24, 2.45) is 0 Å². The maximum Gasteiger partial charge on any atom is 0.257 e. The van der Waals surface area contributed by atoms with Crippen LogP contribution in [-0.2, 0) is 18.4 Å². The van der Waals surface area contributed by atoms with Crippen LogP contribution in [0.3, 0.4) is 0 Å². The molecular weight excluding hydrogens is 274 g/mol. The zero-order valence-corrected chi connectivity index (χ0v) is 13.5. The molecule has 0 fully saturated rings. The first-order chi connectivity index (χ1) is 10.5. The molecule has 0 atom stereocenters. The standard InChI is InChI=1S/C18H23N3O/c1-4-21-12-15(11-19-21)17(22)20-10-9-14-7-5-6-8-16(14)18(2,3)13-20/h5-8,11-12H,4,9-10,13H2,1-3H3. The summed E-state index contributed by atoms with van der Waals surface area (Å²) in [4.78, 5) is 14.8. The van der Waals surface area contributed by atoms with Crippen LogP contribution >= 0.6 is 0 Å². The van der Waals surface area contributed by atoms with Crippen LogP contribution in [0.4, 0.5) is 0 Å². The Morgan fingerprint density at radius 1 is 1.32 bits per heavy atom. The molecule has 0 radical (unpaired) electrons. The lowest BCUT2D eigenvalue weighted by Crippen LogP contribution is -2.39. The van der Waals surface area contributed by atoms with Crippen LogP contribution in [0.5, 0.6) is 0 Å². The number of carbonyl (C=O) groups excluding carboxylic acids is 1. The van der Waals surface area contributed by atoms with E-state index in [0.29, 0.717) is 5.56 Å². The molecule has 0 bridgehead atoms. The number of rotatable bonds is 2. The third kappa shape index (κ3) is 2.65. The molecule has 0 unspecified atom stereocenters. The number of fused-ring (bicyclic) bond motifs is 1. The van der Waals surface area contributed by atoms with Gasteiger partial charge in [-0.1, -0.05) is 38.1 Å². The van der Waals surface area contributed by atoms with Gasteiger partial charge >= 0.3 is 0 Å². The summed E-state index contributed by atoms with van der Waals surface area (Å²) >= 11 is 0. The van der Waals surface area contributed by atoms with E-state index in [-0.39, 0.29) is 11.3 Å². The largest absolute Gasteiger partial charge is 0.337 e. The number of hydrogen-bond acceptors (Lipinski definition) is 2. The van der Waals surface area contributed by atoms with E-state index in [4.69, 9.17) is 0 Å². The molecule has 0 N–H and O–H groups in total. The zero-order valence-electron chi connectivity index (χ0n) is 13.5. The summed E-state index contributed by atoms with van der Waals surface area (Å²) in [5.74, 6) is 0.0839. The molecule has 116 valence electrons. The van der Waals surface area contributed by atoms with Gasteiger partial charge in [-0.3, -0.25) is 9.48 Å². The normalized spacial score (nSPS) is 17.0. The van der Waals surface area contributed by atoms with E-state index in [1.165, 1.54) is 11.1 Å². The van der Waals surface area contributed by atoms with Crippen molar-refractivity contribution in [2.75, 3.05) is 13.1 Å². The highest BCUT2D eigenvalue weighted by Crippen LogP contribution is 2.31. The topological polar surface area (TPSA) is 38.1 Å². The van der Waals surface area contributed by atoms with E-state index >= 15 is 0 Å². The maximum absolute atomic E-state index is 12.8. The van der Waals surface area contributed by atoms with E-state index in [1.807, 2.05) is 18.0 Å². The van der Waals surface area contributed by atoms with Crippen molar-refractivity contribution >= 4 is 5.91 Å². The van der Waals surface area contributed by atoms with Gasteiger partial charge in [-0.05, 0) is 24.5 Å². The van der Waals surface area contributed by atoms with E-state index in [2.05, 4.69) is 43.2 Å². The van der Waals surface area contributed by atoms with Crippen LogP contribution in [0.15, 0.2) is 36.7 Å². The number of benzene rings is 1. The van der Waals surface area contributed by atoms with Crippen LogP contribution in [0, 0.1) is 0 Å². The second kappa shape index (κ2) is 5.59. The molecule has 22 heavy (non-hydrogen) atoms. The first-order valence-electron chi connectivity index (χ1n) is 7.91. The molecule has 2 heterocycles. The minimum absolute atomic E-state index is 0.0382. The van der Waals surface area contributed by atoms with E-state index in [9.17, 15) is 4.79 Å². The lowest BCUT2D eigenvalue weighted by molar-refractivity contribution is 0.0732. The van der Waals surface area contributed by atoms with Crippen molar-refractivity contribution < 1.29 is 4.79 Å². The van der Waals surface area contributed by atoms with Gasteiger partial charge in [-0.15, -0.1) is 0 Å². The van der Waals surface area contributed by atoms with Crippen LogP contribution in [-0.4, -0.2) is 33.7 Å². The fraction of sp³-hybridized carbons (Fsp3) is 0.444. The van der Waals surface area contributed by atoms with Crippen molar-refractivity contribution in [3.8, 4) is 0 Å². The summed E-state index contributed by atoms with van der Waals surface area (Å²) in [5, 5.41) is 4.22. The van der Waals surface area contributed by atoms with Crippen LogP contribution < -0.4 is 0 Å². The Labute approximate surface area is 131 Å². The molecule has 0 spiro atoms. The van der Waals surface area contributed by atoms with Gasteiger partial charge in [-0.25, -0.2) is 0 Å². The number of hydrogen-bond donors (Lipinski definition) is 0. The quantitative estimate of drug-likeness (QED) is 0.855. The van der Waals surface area contributed by atoms with Crippen LogP contribution in [0.2, 0.25) is 0 Å². The van der Waals surface area contributed by atoms with Crippen molar-refractivity contribution in [1.29, 1.82) is 0 Å². The zero-order chi connectivity index (χ0) is 15.7. The van der Waals surface area contributed by atoms with Crippen LogP contribution in [0.1, 0.15) is 42.3 Å². The fourth-order valence-electron chi connectivity index (χ4n) is 3.30. The Morgan fingerprint density at radius 3 is 2.82 bits per heavy atom. The Balaban J connectivity index is 1.87. The number of amides is 1. The monoisotopic (exact) mass is 297 g/mol. The van der Waals surface area contributed by atoms with E-state index in [1.54, 1.807) is 10.9 Å². The molecule has 1 aliphatic heterocycles. The molecule has 1 aromatic heterocycles. The highest BCUT2D eigenvalue weighted by Gasteiger charge is 2.32. The summed E-state index contributed by atoms with van der Waals surface area (Å²) in [7, 11) is 0. The highest BCUT2D eigenvalue weighted by atomic mass is 16.2. The number of nitrogens with zero attached hydrogens (tertiary/aromatic N) is 3. The lowest BCUT2D eigenvalue weighted by Gasteiger charge is -2.30. The van der Waals surface area contributed by atoms with E-state index < -0.39 is 0 Å². The number of aryl methyl sites for hydroxylation is 1. The van der Waals surface area contributed by atoms with Gasteiger partial charge in [0.05, 0.1) is 11.8 Å². The second-order valence-corrected chi connectivity index (χ2v) is 6.60. The SMILES string of the molecule is CCn1cc(C(=O)N2CCc3ccccc3C(C)(C)C2)cn1. The molecule has 3 rings (SSSR count). The van der Waals surface area contributed by atoms with Gasteiger partial charge in [0.15, 0.2) is 0 Å². The van der Waals surface area contributed by atoms with Gasteiger partial charge in [0.2, 0.25) is 0 Å². The van der Waals surface area contributed by atoms with Crippen molar-refractivity contribution in [2.45, 2.75) is 39.2 Å². The maximum atomic E-state index is 12.8. The molecule has 1 amide bonds. The average Bonchev–Trinajstić information content (AvgIpc) is 2.95. The molecule has 1 aromatic carbocycles. The summed E-state index contributed by atoms with van der Waals surface area (Å²) in [6.07, 6.45) is 4.43. The molecular formula is C18H23N3O. The molecule has 0 aliphatic carbocycles. The van der Waals surface area contributed by atoms with Crippen molar-refractivity contribution in [1.82, 2.24) is 14.7 Å². The molecule has 2 aromatic rings. The second-order valence-electron chi connectivity index (χ2n) is 6.60.